The maximum atomic E-state index is 14.6. The summed E-state index contributed by atoms with van der Waals surface area (Å²) in [5, 5.41) is 31.2. The monoisotopic (exact) mass is 496 g/mol. The van der Waals surface area contributed by atoms with Crippen molar-refractivity contribution in [3.8, 4) is 0 Å². The summed E-state index contributed by atoms with van der Waals surface area (Å²) in [6.07, 6.45) is -6.03. The Morgan fingerprint density at radius 3 is 1.12 bits per heavy atom. The Bertz CT molecular complexity index is 1080. The molecule has 4 N–H and O–H groups in total. The van der Waals surface area contributed by atoms with E-state index in [1.807, 2.05) is 0 Å². The summed E-state index contributed by atoms with van der Waals surface area (Å²) in [7, 11) is 0. The molecule has 0 fully saturated rings. The van der Waals surface area contributed by atoms with Crippen LogP contribution in [-0.4, -0.2) is 55.9 Å². The van der Waals surface area contributed by atoms with Gasteiger partial charge in [0.15, 0.2) is 5.41 Å². The van der Waals surface area contributed by atoms with E-state index in [1.54, 1.807) is 0 Å². The molecule has 0 aliphatic rings. The molecule has 0 bridgehead atoms. The standard InChI is InChI=1S/C19H10ClF5O8/c20-18(21,22)17(19(23,24)25,7-1-3-9(13(26)27)11(5-7)15(30)31)8-2-4-10(14(28)29)12(6-8)16(32)33/h1-6H,(H,26,27)(H,28,29)(H,30,31)(H,32,33). The lowest BCUT2D eigenvalue weighted by Crippen LogP contribution is -2.54. The molecule has 0 aromatic heterocycles. The summed E-state index contributed by atoms with van der Waals surface area (Å²) in [5.74, 6) is -7.88. The van der Waals surface area contributed by atoms with Gasteiger partial charge in [0.25, 0.3) is 0 Å². The van der Waals surface area contributed by atoms with Crippen molar-refractivity contribution in [3.05, 3.63) is 69.8 Å². The molecule has 0 saturated carbocycles. The van der Waals surface area contributed by atoms with Crippen molar-refractivity contribution >= 4 is 35.5 Å². The summed E-state index contributed by atoms with van der Waals surface area (Å²) >= 11 is 4.90. The van der Waals surface area contributed by atoms with Crippen LogP contribution in [0.4, 0.5) is 22.0 Å². The molecule has 2 aromatic rings. The zero-order valence-corrected chi connectivity index (χ0v) is 16.4. The highest BCUT2D eigenvalue weighted by atomic mass is 35.5. The Morgan fingerprint density at radius 2 is 0.909 bits per heavy atom. The summed E-state index contributed by atoms with van der Waals surface area (Å²) in [6.45, 7) is 0. The van der Waals surface area contributed by atoms with Crippen molar-refractivity contribution in [3.63, 3.8) is 0 Å². The van der Waals surface area contributed by atoms with E-state index in [9.17, 15) is 51.3 Å². The molecule has 33 heavy (non-hydrogen) atoms. The molecule has 0 atom stereocenters. The SMILES string of the molecule is O=C(O)c1ccc(C(c2ccc(C(=O)O)c(C(=O)O)c2)(C(F)(F)F)C(F)(F)Cl)cc1C(=O)O. The van der Waals surface area contributed by atoms with Crippen LogP contribution in [0.5, 0.6) is 0 Å². The van der Waals surface area contributed by atoms with Crippen molar-refractivity contribution in [2.75, 3.05) is 0 Å². The molecule has 2 rings (SSSR count). The van der Waals surface area contributed by atoms with E-state index in [0.29, 0.717) is 12.1 Å². The maximum Gasteiger partial charge on any atom is 0.409 e. The van der Waals surface area contributed by atoms with Gasteiger partial charge in [-0.3, -0.25) is 0 Å². The molecule has 0 aliphatic heterocycles. The smallest absolute Gasteiger partial charge is 0.409 e. The number of benzene rings is 2. The number of hydrogen-bond acceptors (Lipinski definition) is 4. The number of aromatic carboxylic acids is 4. The number of halogens is 6. The predicted molar refractivity (Wildman–Crippen MR) is 98.4 cm³/mol. The molecule has 0 radical (unpaired) electrons. The van der Waals surface area contributed by atoms with Gasteiger partial charge < -0.3 is 20.4 Å². The lowest BCUT2D eigenvalue weighted by molar-refractivity contribution is -0.222. The van der Waals surface area contributed by atoms with Crippen LogP contribution < -0.4 is 0 Å². The second-order valence-corrected chi connectivity index (χ2v) is 6.96. The lowest BCUT2D eigenvalue weighted by atomic mass is 9.72. The number of carboxylic acid groups (broad SMARTS) is 4. The normalized spacial score (nSPS) is 12.3. The molecular weight excluding hydrogens is 487 g/mol. The third kappa shape index (κ3) is 4.18. The van der Waals surface area contributed by atoms with Gasteiger partial charge >= 0.3 is 35.4 Å². The van der Waals surface area contributed by atoms with Gasteiger partial charge in [-0.25, -0.2) is 19.2 Å². The van der Waals surface area contributed by atoms with Gasteiger partial charge in [0, 0.05) is 0 Å². The van der Waals surface area contributed by atoms with E-state index < -0.39 is 74.2 Å². The zero-order chi connectivity index (χ0) is 25.5. The van der Waals surface area contributed by atoms with Gasteiger partial charge in [-0.15, -0.1) is 0 Å². The van der Waals surface area contributed by atoms with Crippen molar-refractivity contribution in [2.24, 2.45) is 0 Å². The maximum absolute atomic E-state index is 14.6. The highest BCUT2D eigenvalue weighted by molar-refractivity contribution is 6.23. The first-order valence-electron chi connectivity index (χ1n) is 8.32. The first-order valence-corrected chi connectivity index (χ1v) is 8.70. The van der Waals surface area contributed by atoms with E-state index >= 15 is 0 Å². The number of carboxylic acids is 4. The first kappa shape index (κ1) is 25.5. The highest BCUT2D eigenvalue weighted by Crippen LogP contribution is 2.57. The van der Waals surface area contributed by atoms with Crippen LogP contribution >= 0.6 is 11.6 Å². The molecular formula is C19H10ClF5O8. The van der Waals surface area contributed by atoms with Crippen LogP contribution in [0.15, 0.2) is 36.4 Å². The van der Waals surface area contributed by atoms with E-state index in [1.165, 1.54) is 0 Å². The first-order chi connectivity index (χ1) is 15.0. The fraction of sp³-hybridized carbons (Fsp3) is 0.158. The minimum absolute atomic E-state index is 0.0289. The Morgan fingerprint density at radius 1 is 0.606 bits per heavy atom. The average Bonchev–Trinajstić information content (AvgIpc) is 2.65. The molecule has 14 heteroatoms. The summed E-state index contributed by atoms with van der Waals surface area (Å²) in [4.78, 5) is 45.2. The quantitative estimate of drug-likeness (QED) is 0.330. The van der Waals surface area contributed by atoms with Gasteiger partial charge in [0.1, 0.15) is 0 Å². The highest BCUT2D eigenvalue weighted by Gasteiger charge is 2.71. The Kier molecular flexibility index (Phi) is 6.43. The summed E-state index contributed by atoms with van der Waals surface area (Å²) in [5.41, 5.74) is -12.3. The third-order valence-electron chi connectivity index (χ3n) is 4.68. The summed E-state index contributed by atoms with van der Waals surface area (Å²) in [6, 6.07) is 1.25. The molecule has 0 spiro atoms. The van der Waals surface area contributed by atoms with Gasteiger partial charge in [0.2, 0.25) is 0 Å². The number of carbonyl (C=O) groups is 4. The molecule has 0 aliphatic carbocycles. The van der Waals surface area contributed by atoms with Crippen molar-refractivity contribution in [1.29, 1.82) is 0 Å². The predicted octanol–water partition coefficient (Wildman–Crippen LogP) is 4.16. The topological polar surface area (TPSA) is 149 Å². The van der Waals surface area contributed by atoms with Crippen molar-refractivity contribution in [1.82, 2.24) is 0 Å². The fourth-order valence-corrected chi connectivity index (χ4v) is 3.59. The van der Waals surface area contributed by atoms with Crippen LogP contribution in [0.25, 0.3) is 0 Å². The third-order valence-corrected chi connectivity index (χ3v) is 4.96. The molecule has 0 saturated heterocycles. The summed E-state index contributed by atoms with van der Waals surface area (Å²) < 4.78 is 72.2. The Hall–Kier alpha value is -3.74. The molecule has 0 heterocycles. The largest absolute Gasteiger partial charge is 0.478 e. The van der Waals surface area contributed by atoms with Gasteiger partial charge in [-0.05, 0) is 47.0 Å². The Labute approximate surface area is 184 Å². The molecule has 2 aromatic carbocycles. The van der Waals surface area contributed by atoms with E-state index in [2.05, 4.69) is 0 Å². The van der Waals surface area contributed by atoms with Crippen LogP contribution in [-0.2, 0) is 5.41 Å². The molecule has 8 nitrogen and oxygen atoms in total. The van der Waals surface area contributed by atoms with Crippen molar-refractivity contribution in [2.45, 2.75) is 17.0 Å². The van der Waals surface area contributed by atoms with Crippen molar-refractivity contribution < 1.29 is 61.6 Å². The van der Waals surface area contributed by atoms with E-state index in [0.717, 1.165) is 0 Å². The fourth-order valence-electron chi connectivity index (χ4n) is 3.26. The van der Waals surface area contributed by atoms with Crippen LogP contribution in [0, 0.1) is 0 Å². The lowest BCUT2D eigenvalue weighted by Gasteiger charge is -2.39. The van der Waals surface area contributed by atoms with Crippen LogP contribution in [0.2, 0.25) is 0 Å². The second-order valence-electron chi connectivity index (χ2n) is 6.49. The minimum atomic E-state index is -6.03. The molecule has 0 unspecified atom stereocenters. The average molecular weight is 497 g/mol. The number of rotatable bonds is 7. The van der Waals surface area contributed by atoms with Crippen LogP contribution in [0.1, 0.15) is 52.6 Å². The molecule has 0 amide bonds. The number of hydrogen-bond donors (Lipinski definition) is 4. The Balaban J connectivity index is 3.10. The zero-order valence-electron chi connectivity index (χ0n) is 15.7. The van der Waals surface area contributed by atoms with Gasteiger partial charge in [-0.1, -0.05) is 12.1 Å². The van der Waals surface area contributed by atoms with E-state index in [4.69, 9.17) is 21.8 Å². The minimum Gasteiger partial charge on any atom is -0.478 e. The van der Waals surface area contributed by atoms with Gasteiger partial charge in [0.05, 0.1) is 22.3 Å². The van der Waals surface area contributed by atoms with Gasteiger partial charge in [-0.2, -0.15) is 22.0 Å². The van der Waals surface area contributed by atoms with E-state index in [-0.39, 0.29) is 24.3 Å². The second kappa shape index (κ2) is 8.31. The number of alkyl halides is 6. The molecule has 176 valence electrons. The van der Waals surface area contributed by atoms with Crippen LogP contribution in [0.3, 0.4) is 0 Å².